The van der Waals surface area contributed by atoms with Crippen LogP contribution in [0, 0.1) is 0 Å². The Bertz CT molecular complexity index is 861. The second-order valence-corrected chi connectivity index (χ2v) is 5.66. The minimum absolute atomic E-state index is 0.0211. The van der Waals surface area contributed by atoms with Gasteiger partial charge in [-0.15, -0.1) is 0 Å². The van der Waals surface area contributed by atoms with Gasteiger partial charge in [-0.1, -0.05) is 12.1 Å². The number of phenols is 2. The van der Waals surface area contributed by atoms with Crippen molar-refractivity contribution >= 4 is 10.8 Å². The first-order valence-corrected chi connectivity index (χ1v) is 7.34. The monoisotopic (exact) mass is 292 g/mol. The van der Waals surface area contributed by atoms with Crippen LogP contribution in [0.3, 0.4) is 0 Å². The van der Waals surface area contributed by atoms with Crippen LogP contribution < -0.4 is 5.32 Å². The summed E-state index contributed by atoms with van der Waals surface area (Å²) in [7, 11) is 0. The van der Waals surface area contributed by atoms with Gasteiger partial charge in [0.1, 0.15) is 0 Å². The van der Waals surface area contributed by atoms with E-state index in [9.17, 15) is 10.2 Å². The zero-order valence-corrected chi connectivity index (χ0v) is 12.0. The summed E-state index contributed by atoms with van der Waals surface area (Å²) in [6, 6.07) is 11.6. The first kappa shape index (κ1) is 13.1. The third-order valence-electron chi connectivity index (χ3n) is 4.29. The lowest BCUT2D eigenvalue weighted by Gasteiger charge is -2.28. The molecule has 1 aliphatic heterocycles. The summed E-state index contributed by atoms with van der Waals surface area (Å²) in [5.41, 5.74) is 3.24. The number of pyridine rings is 1. The summed E-state index contributed by atoms with van der Waals surface area (Å²) in [6.07, 6.45) is 4.49. The fourth-order valence-corrected chi connectivity index (χ4v) is 3.16. The van der Waals surface area contributed by atoms with E-state index in [0.29, 0.717) is 0 Å². The van der Waals surface area contributed by atoms with Crippen LogP contribution in [0.5, 0.6) is 11.5 Å². The highest BCUT2D eigenvalue weighted by Crippen LogP contribution is 2.36. The van der Waals surface area contributed by atoms with Gasteiger partial charge in [0, 0.05) is 24.3 Å². The number of nitrogens with one attached hydrogen (secondary N) is 1. The van der Waals surface area contributed by atoms with Gasteiger partial charge in [0.25, 0.3) is 0 Å². The molecule has 0 amide bonds. The molecular formula is C18H16N2O2. The molecule has 1 unspecified atom stereocenters. The van der Waals surface area contributed by atoms with Crippen LogP contribution in [-0.4, -0.2) is 21.7 Å². The van der Waals surface area contributed by atoms with Crippen molar-refractivity contribution in [3.05, 3.63) is 65.5 Å². The topological polar surface area (TPSA) is 65.4 Å². The van der Waals surface area contributed by atoms with Gasteiger partial charge in [0.15, 0.2) is 11.5 Å². The molecule has 1 aromatic heterocycles. The highest BCUT2D eigenvalue weighted by molar-refractivity contribution is 5.82. The fraction of sp³-hybridized carbons (Fsp3) is 0.167. The number of aromatic nitrogens is 1. The second-order valence-electron chi connectivity index (χ2n) is 5.66. The molecule has 3 aromatic rings. The molecule has 0 radical (unpaired) electrons. The largest absolute Gasteiger partial charge is 0.504 e. The average Bonchev–Trinajstić information content (AvgIpc) is 2.55. The Balaban J connectivity index is 1.84. The van der Waals surface area contributed by atoms with E-state index in [1.54, 1.807) is 18.3 Å². The maximum atomic E-state index is 9.83. The molecule has 3 N–H and O–H groups in total. The minimum atomic E-state index is -0.0718. The van der Waals surface area contributed by atoms with E-state index in [1.165, 1.54) is 0 Å². The minimum Gasteiger partial charge on any atom is -0.504 e. The smallest absolute Gasteiger partial charge is 0.157 e. The molecular weight excluding hydrogens is 276 g/mol. The Labute approximate surface area is 128 Å². The Kier molecular flexibility index (Phi) is 2.98. The Morgan fingerprint density at radius 1 is 1.00 bits per heavy atom. The molecule has 0 aliphatic carbocycles. The standard InChI is InChI=1S/C18H16N2O2/c21-16-8-12-4-6-20-18(15(12)9-17(16)22)13-1-2-14-10-19-5-3-11(14)7-13/h1-3,5,7-10,18,20-22H,4,6H2. The normalized spacial score (nSPS) is 17.4. The summed E-state index contributed by atoms with van der Waals surface area (Å²) < 4.78 is 0. The van der Waals surface area contributed by atoms with Crippen molar-refractivity contribution in [2.75, 3.05) is 6.54 Å². The van der Waals surface area contributed by atoms with Crippen LogP contribution in [0.25, 0.3) is 10.8 Å². The van der Waals surface area contributed by atoms with Crippen molar-refractivity contribution < 1.29 is 10.2 Å². The lowest BCUT2D eigenvalue weighted by molar-refractivity contribution is 0.400. The Morgan fingerprint density at radius 2 is 1.86 bits per heavy atom. The fourth-order valence-electron chi connectivity index (χ4n) is 3.16. The van der Waals surface area contributed by atoms with E-state index in [2.05, 4.69) is 28.5 Å². The number of hydrogen-bond donors (Lipinski definition) is 3. The van der Waals surface area contributed by atoms with Crippen LogP contribution in [0.1, 0.15) is 22.7 Å². The quantitative estimate of drug-likeness (QED) is 0.603. The second kappa shape index (κ2) is 5.00. The zero-order valence-electron chi connectivity index (χ0n) is 12.0. The molecule has 22 heavy (non-hydrogen) atoms. The SMILES string of the molecule is Oc1cc2c(cc1O)C(c1ccc3cnccc3c1)NCC2. The van der Waals surface area contributed by atoms with Gasteiger partial charge in [0.2, 0.25) is 0 Å². The van der Waals surface area contributed by atoms with Crippen molar-refractivity contribution in [3.8, 4) is 11.5 Å². The first-order valence-electron chi connectivity index (χ1n) is 7.34. The molecule has 4 nitrogen and oxygen atoms in total. The van der Waals surface area contributed by atoms with Crippen molar-refractivity contribution in [2.24, 2.45) is 0 Å². The van der Waals surface area contributed by atoms with E-state index < -0.39 is 0 Å². The van der Waals surface area contributed by atoms with E-state index >= 15 is 0 Å². The number of fused-ring (bicyclic) bond motifs is 2. The molecule has 0 bridgehead atoms. The van der Waals surface area contributed by atoms with Crippen LogP contribution in [0.4, 0.5) is 0 Å². The summed E-state index contributed by atoms with van der Waals surface area (Å²) in [6.45, 7) is 0.844. The number of aromatic hydroxyl groups is 2. The maximum Gasteiger partial charge on any atom is 0.157 e. The molecule has 4 rings (SSSR count). The molecule has 0 saturated heterocycles. The third-order valence-corrected chi connectivity index (χ3v) is 4.29. The van der Waals surface area contributed by atoms with Crippen LogP contribution in [0.2, 0.25) is 0 Å². The molecule has 110 valence electrons. The number of rotatable bonds is 1. The number of benzene rings is 2. The third kappa shape index (κ3) is 2.09. The zero-order chi connectivity index (χ0) is 15.1. The number of nitrogens with zero attached hydrogens (tertiary/aromatic N) is 1. The summed E-state index contributed by atoms with van der Waals surface area (Å²) in [4.78, 5) is 4.14. The average molecular weight is 292 g/mol. The summed E-state index contributed by atoms with van der Waals surface area (Å²) in [5, 5.41) is 25.3. The van der Waals surface area contributed by atoms with Gasteiger partial charge in [-0.05, 0) is 52.8 Å². The van der Waals surface area contributed by atoms with Crippen LogP contribution in [0.15, 0.2) is 48.8 Å². The Morgan fingerprint density at radius 3 is 2.77 bits per heavy atom. The highest BCUT2D eigenvalue weighted by Gasteiger charge is 2.23. The van der Waals surface area contributed by atoms with Gasteiger partial charge in [-0.25, -0.2) is 0 Å². The molecule has 4 heteroatoms. The van der Waals surface area contributed by atoms with Gasteiger partial charge in [-0.3, -0.25) is 4.98 Å². The van der Waals surface area contributed by atoms with Crippen molar-refractivity contribution in [1.29, 1.82) is 0 Å². The molecule has 0 fully saturated rings. The predicted molar refractivity (Wildman–Crippen MR) is 85.1 cm³/mol. The summed E-state index contributed by atoms with van der Waals surface area (Å²) >= 11 is 0. The van der Waals surface area contributed by atoms with E-state index in [1.807, 2.05) is 12.3 Å². The van der Waals surface area contributed by atoms with Crippen molar-refractivity contribution in [1.82, 2.24) is 10.3 Å². The molecule has 1 aliphatic rings. The van der Waals surface area contributed by atoms with Crippen LogP contribution in [-0.2, 0) is 6.42 Å². The highest BCUT2D eigenvalue weighted by atomic mass is 16.3. The van der Waals surface area contributed by atoms with Crippen LogP contribution >= 0.6 is 0 Å². The first-order chi connectivity index (χ1) is 10.7. The lowest BCUT2D eigenvalue weighted by atomic mass is 9.89. The van der Waals surface area contributed by atoms with Gasteiger partial charge in [0.05, 0.1) is 6.04 Å². The Hall–Kier alpha value is -2.59. The van der Waals surface area contributed by atoms with E-state index in [4.69, 9.17) is 0 Å². The summed E-state index contributed by atoms with van der Waals surface area (Å²) in [5.74, 6) is -0.124. The maximum absolute atomic E-state index is 9.83. The lowest BCUT2D eigenvalue weighted by Crippen LogP contribution is -2.30. The van der Waals surface area contributed by atoms with E-state index in [0.717, 1.165) is 40.4 Å². The van der Waals surface area contributed by atoms with Gasteiger partial charge >= 0.3 is 0 Å². The van der Waals surface area contributed by atoms with Gasteiger partial charge < -0.3 is 15.5 Å². The molecule has 0 spiro atoms. The molecule has 2 heterocycles. The van der Waals surface area contributed by atoms with E-state index in [-0.39, 0.29) is 17.5 Å². The number of hydrogen-bond acceptors (Lipinski definition) is 4. The molecule has 1 atom stereocenters. The van der Waals surface area contributed by atoms with Gasteiger partial charge in [-0.2, -0.15) is 0 Å². The van der Waals surface area contributed by atoms with Crippen molar-refractivity contribution in [2.45, 2.75) is 12.5 Å². The van der Waals surface area contributed by atoms with Crippen molar-refractivity contribution in [3.63, 3.8) is 0 Å². The molecule has 0 saturated carbocycles. The molecule has 2 aromatic carbocycles. The predicted octanol–water partition coefficient (Wildman–Crippen LogP) is 2.88. The number of phenolic OH excluding ortho intramolecular Hbond substituents is 2.